The Bertz CT molecular complexity index is 606. The first-order valence-electron chi connectivity index (χ1n) is 7.57. The number of aryl methyl sites for hydroxylation is 1. The zero-order valence-corrected chi connectivity index (χ0v) is 14.4. The van der Waals surface area contributed by atoms with Crippen molar-refractivity contribution in [2.24, 2.45) is 0 Å². The van der Waals surface area contributed by atoms with Crippen molar-refractivity contribution in [3.63, 3.8) is 0 Å². The van der Waals surface area contributed by atoms with Gasteiger partial charge in [-0.1, -0.05) is 12.1 Å². The Labute approximate surface area is 144 Å². The smallest absolute Gasteiger partial charge is 0.383 e. The van der Waals surface area contributed by atoms with E-state index in [4.69, 9.17) is 4.74 Å². The molecule has 9 heteroatoms. The van der Waals surface area contributed by atoms with Crippen LogP contribution < -0.4 is 10.6 Å². The topological polar surface area (TPSA) is 70.7 Å². The van der Waals surface area contributed by atoms with E-state index < -0.39 is 31.2 Å². The van der Waals surface area contributed by atoms with Crippen molar-refractivity contribution in [2.45, 2.75) is 20.0 Å². The predicted molar refractivity (Wildman–Crippen MR) is 87.4 cm³/mol. The van der Waals surface area contributed by atoms with E-state index in [2.05, 4.69) is 5.32 Å². The molecule has 25 heavy (non-hydrogen) atoms. The predicted octanol–water partition coefficient (Wildman–Crippen LogP) is 2.46. The van der Waals surface area contributed by atoms with E-state index >= 15 is 0 Å². The van der Waals surface area contributed by atoms with Crippen LogP contribution in [0.25, 0.3) is 0 Å². The molecule has 0 aromatic heterocycles. The van der Waals surface area contributed by atoms with E-state index in [9.17, 15) is 22.8 Å². The van der Waals surface area contributed by atoms with Crippen LogP contribution in [0.3, 0.4) is 0 Å². The molecule has 6 nitrogen and oxygen atoms in total. The molecule has 1 aromatic carbocycles. The summed E-state index contributed by atoms with van der Waals surface area (Å²) in [6.07, 6.45) is -4.45. The fraction of sp³-hybridized carbons (Fsp3) is 0.500. The number of carbonyl (C=O) groups excluding carboxylic acids is 2. The molecular weight excluding hydrogens is 339 g/mol. The zero-order valence-electron chi connectivity index (χ0n) is 14.4. The number of halogens is 3. The number of anilines is 1. The summed E-state index contributed by atoms with van der Waals surface area (Å²) in [4.78, 5) is 24.6. The molecule has 2 N–H and O–H groups in total. The molecule has 0 aliphatic rings. The van der Waals surface area contributed by atoms with Gasteiger partial charge >= 0.3 is 12.2 Å². The first kappa shape index (κ1) is 20.9. The largest absolute Gasteiger partial charge is 0.401 e. The fourth-order valence-electron chi connectivity index (χ4n) is 2.10. The third-order valence-corrected chi connectivity index (χ3v) is 3.49. The maximum absolute atomic E-state index is 12.5. The highest BCUT2D eigenvalue weighted by atomic mass is 19.4. The van der Waals surface area contributed by atoms with Crippen LogP contribution in [0, 0.1) is 13.8 Å². The lowest BCUT2D eigenvalue weighted by Crippen LogP contribution is -2.45. The van der Waals surface area contributed by atoms with Gasteiger partial charge < -0.3 is 10.1 Å². The molecule has 0 aliphatic heterocycles. The minimum absolute atomic E-state index is 0.0397. The minimum atomic E-state index is -4.45. The zero-order chi connectivity index (χ0) is 19.0. The number of imide groups is 1. The second-order valence-electron chi connectivity index (χ2n) is 5.57. The van der Waals surface area contributed by atoms with Gasteiger partial charge in [-0.15, -0.1) is 0 Å². The number of rotatable bonds is 7. The molecule has 0 aliphatic carbocycles. The summed E-state index contributed by atoms with van der Waals surface area (Å²) >= 11 is 0. The Morgan fingerprint density at radius 2 is 1.92 bits per heavy atom. The molecule has 0 bridgehead atoms. The molecule has 0 fully saturated rings. The maximum Gasteiger partial charge on any atom is 0.401 e. The summed E-state index contributed by atoms with van der Waals surface area (Å²) in [5.74, 6) is -0.830. The number of hydrogen-bond acceptors (Lipinski definition) is 4. The van der Waals surface area contributed by atoms with Gasteiger partial charge in [-0.05, 0) is 31.0 Å². The van der Waals surface area contributed by atoms with Crippen LogP contribution in [0.5, 0.6) is 0 Å². The Hall–Kier alpha value is -2.13. The van der Waals surface area contributed by atoms with Crippen molar-refractivity contribution in [1.82, 2.24) is 10.2 Å². The van der Waals surface area contributed by atoms with Crippen molar-refractivity contribution >= 4 is 17.6 Å². The lowest BCUT2D eigenvalue weighted by molar-refractivity contribution is -0.149. The van der Waals surface area contributed by atoms with Crippen LogP contribution in [0.4, 0.5) is 23.7 Å². The van der Waals surface area contributed by atoms with E-state index in [0.717, 1.165) is 16.0 Å². The summed E-state index contributed by atoms with van der Waals surface area (Å²) in [6.45, 7) is 1.81. The van der Waals surface area contributed by atoms with Crippen molar-refractivity contribution in [3.05, 3.63) is 29.3 Å². The summed E-state index contributed by atoms with van der Waals surface area (Å²) in [5.41, 5.74) is 2.32. The van der Waals surface area contributed by atoms with Crippen LogP contribution in [0.2, 0.25) is 0 Å². The highest BCUT2D eigenvalue weighted by Gasteiger charge is 2.31. The fourth-order valence-corrected chi connectivity index (χ4v) is 2.10. The van der Waals surface area contributed by atoms with E-state index in [1.807, 2.05) is 25.2 Å². The summed E-state index contributed by atoms with van der Waals surface area (Å²) in [5, 5.41) is 4.54. The molecule has 0 saturated carbocycles. The van der Waals surface area contributed by atoms with Crippen LogP contribution in [-0.4, -0.2) is 56.4 Å². The first-order valence-corrected chi connectivity index (χ1v) is 7.57. The lowest BCUT2D eigenvalue weighted by Gasteiger charge is -2.22. The normalized spacial score (nSPS) is 11.5. The number of ether oxygens (including phenoxy) is 1. The molecule has 0 unspecified atom stereocenters. The lowest BCUT2D eigenvalue weighted by atomic mass is 10.1. The highest BCUT2D eigenvalue weighted by molar-refractivity contribution is 6.02. The number of nitrogens with zero attached hydrogens (tertiary/aromatic N) is 1. The van der Waals surface area contributed by atoms with Gasteiger partial charge in [0, 0.05) is 19.3 Å². The maximum atomic E-state index is 12.5. The Kier molecular flexibility index (Phi) is 7.85. The molecule has 0 heterocycles. The molecular formula is C16H22F3N3O3. The second-order valence-corrected chi connectivity index (χ2v) is 5.57. The molecule has 1 aromatic rings. The average Bonchev–Trinajstić information content (AvgIpc) is 2.47. The van der Waals surface area contributed by atoms with Crippen LogP contribution >= 0.6 is 0 Å². The number of hydrogen-bond donors (Lipinski definition) is 2. The second kappa shape index (κ2) is 9.38. The minimum Gasteiger partial charge on any atom is -0.383 e. The number of urea groups is 1. The molecule has 140 valence electrons. The molecule has 0 radical (unpaired) electrons. The highest BCUT2D eigenvalue weighted by Crippen LogP contribution is 2.18. The van der Waals surface area contributed by atoms with Crippen molar-refractivity contribution in [3.8, 4) is 0 Å². The summed E-state index contributed by atoms with van der Waals surface area (Å²) in [6, 6.07) is 4.49. The van der Waals surface area contributed by atoms with Crippen molar-refractivity contribution in [1.29, 1.82) is 0 Å². The van der Waals surface area contributed by atoms with Gasteiger partial charge in [-0.2, -0.15) is 13.2 Å². The van der Waals surface area contributed by atoms with Gasteiger partial charge in [0.15, 0.2) is 0 Å². The van der Waals surface area contributed by atoms with Gasteiger partial charge in [-0.3, -0.25) is 15.0 Å². The first-order chi connectivity index (χ1) is 11.6. The Balaban J connectivity index is 2.60. The van der Waals surface area contributed by atoms with Gasteiger partial charge in [0.1, 0.15) is 0 Å². The number of benzene rings is 1. The standard InChI is InChI=1S/C16H22F3N3O3/c1-11-5-4-6-13(12(11)2)20-15(24)21-14(23)9-22(7-8-25-3)10-16(17,18)19/h4-6H,7-10H2,1-3H3,(H2,20,21,23,24). The average molecular weight is 361 g/mol. The quantitative estimate of drug-likeness (QED) is 0.783. The van der Waals surface area contributed by atoms with E-state index in [1.54, 1.807) is 12.1 Å². The van der Waals surface area contributed by atoms with Crippen molar-refractivity contribution in [2.75, 3.05) is 38.7 Å². The van der Waals surface area contributed by atoms with E-state index in [0.29, 0.717) is 5.69 Å². The summed E-state index contributed by atoms with van der Waals surface area (Å²) < 4.78 is 42.3. The Morgan fingerprint density at radius 3 is 2.52 bits per heavy atom. The van der Waals surface area contributed by atoms with Gasteiger partial charge in [0.2, 0.25) is 5.91 Å². The number of amides is 3. The molecule has 1 rings (SSSR count). The Morgan fingerprint density at radius 1 is 1.24 bits per heavy atom. The number of nitrogens with one attached hydrogen (secondary N) is 2. The third kappa shape index (κ3) is 7.99. The van der Waals surface area contributed by atoms with Crippen molar-refractivity contribution < 1.29 is 27.5 Å². The van der Waals surface area contributed by atoms with Crippen LogP contribution in [0.15, 0.2) is 18.2 Å². The molecule has 0 spiro atoms. The number of methoxy groups -OCH3 is 1. The SMILES string of the molecule is COCCN(CC(=O)NC(=O)Nc1cccc(C)c1C)CC(F)(F)F. The molecule has 0 atom stereocenters. The monoisotopic (exact) mass is 361 g/mol. The number of carbonyl (C=O) groups is 2. The number of alkyl halides is 3. The van der Waals surface area contributed by atoms with Crippen LogP contribution in [-0.2, 0) is 9.53 Å². The van der Waals surface area contributed by atoms with Gasteiger partial charge in [-0.25, -0.2) is 4.79 Å². The van der Waals surface area contributed by atoms with E-state index in [1.165, 1.54) is 7.11 Å². The van der Waals surface area contributed by atoms with E-state index in [-0.39, 0.29) is 13.2 Å². The third-order valence-electron chi connectivity index (χ3n) is 3.49. The van der Waals surface area contributed by atoms with Gasteiger partial charge in [0.05, 0.1) is 19.7 Å². The molecule has 3 amide bonds. The summed E-state index contributed by atoms with van der Waals surface area (Å²) in [7, 11) is 1.35. The molecule has 0 saturated heterocycles. The van der Waals surface area contributed by atoms with Gasteiger partial charge in [0.25, 0.3) is 0 Å². The van der Waals surface area contributed by atoms with Crippen LogP contribution in [0.1, 0.15) is 11.1 Å².